The topological polar surface area (TPSA) is 13.0 Å². The first-order valence-corrected chi connectivity index (χ1v) is 12.2. The summed E-state index contributed by atoms with van der Waals surface area (Å²) in [5.74, 6) is 0. The van der Waals surface area contributed by atoms with Crippen molar-refractivity contribution in [2.24, 2.45) is 0 Å². The first kappa shape index (κ1) is 21.3. The van der Waals surface area contributed by atoms with Crippen LogP contribution in [0.3, 0.4) is 0 Å². The Labute approximate surface area is 178 Å². The van der Waals surface area contributed by atoms with E-state index in [1.165, 1.54) is 96.6 Å². The summed E-state index contributed by atoms with van der Waals surface area (Å²) in [5, 5.41) is 0. The molecule has 0 bridgehead atoms. The molecule has 0 radical (unpaired) electrons. The Balaban J connectivity index is 1.35. The van der Waals surface area contributed by atoms with Crippen molar-refractivity contribution in [3.8, 4) is 0 Å². The second-order valence-electron chi connectivity index (χ2n) is 9.72. The number of hydrogen-bond donors (Lipinski definition) is 0. The monoisotopic (exact) mass is 398 g/mol. The number of piperazine rings is 1. The van der Waals surface area contributed by atoms with Crippen LogP contribution < -0.4 is 0 Å². The number of rotatable bonds is 6. The Bertz CT molecular complexity index is 582. The second-order valence-corrected chi connectivity index (χ2v) is 9.72. The molecule has 29 heavy (non-hydrogen) atoms. The molecule has 3 aliphatic rings. The lowest BCUT2D eigenvalue weighted by Crippen LogP contribution is -2.52. The summed E-state index contributed by atoms with van der Waals surface area (Å²) >= 11 is 0. The smallest absolute Gasteiger partial charge is 0.0476 e. The van der Waals surface area contributed by atoms with E-state index in [4.69, 9.17) is 0 Å². The van der Waals surface area contributed by atoms with E-state index in [1.807, 2.05) is 0 Å². The fraction of sp³-hybridized carbons (Fsp3) is 0.760. The number of likely N-dealkylation sites (tertiary alicyclic amines) is 2. The SMILES string of the molecule is CC(C)N1CCN(C(CN2CCC(N3CCCCC3)CC2)c2ccccc2)CC1. The van der Waals surface area contributed by atoms with E-state index in [0.717, 1.165) is 6.04 Å². The Morgan fingerprint density at radius 3 is 2.00 bits per heavy atom. The molecule has 3 saturated heterocycles. The summed E-state index contributed by atoms with van der Waals surface area (Å²) in [7, 11) is 0. The van der Waals surface area contributed by atoms with Crippen molar-refractivity contribution in [1.82, 2.24) is 19.6 Å². The van der Waals surface area contributed by atoms with Crippen LogP contribution in [-0.2, 0) is 0 Å². The molecule has 3 fully saturated rings. The Morgan fingerprint density at radius 2 is 1.38 bits per heavy atom. The molecule has 4 rings (SSSR count). The molecule has 0 aliphatic carbocycles. The second kappa shape index (κ2) is 10.4. The molecule has 1 unspecified atom stereocenters. The van der Waals surface area contributed by atoms with Crippen molar-refractivity contribution in [2.45, 2.75) is 64.1 Å². The van der Waals surface area contributed by atoms with Gasteiger partial charge in [-0.05, 0) is 71.3 Å². The van der Waals surface area contributed by atoms with Crippen LogP contribution in [0, 0.1) is 0 Å². The summed E-state index contributed by atoms with van der Waals surface area (Å²) in [6.07, 6.45) is 7.00. The number of benzene rings is 1. The molecule has 1 aromatic rings. The van der Waals surface area contributed by atoms with E-state index < -0.39 is 0 Å². The highest BCUT2D eigenvalue weighted by atomic mass is 15.3. The average molecular weight is 399 g/mol. The Morgan fingerprint density at radius 1 is 0.759 bits per heavy atom. The third-order valence-corrected chi connectivity index (χ3v) is 7.60. The minimum atomic E-state index is 0.539. The van der Waals surface area contributed by atoms with Crippen LogP contribution in [0.2, 0.25) is 0 Å². The molecule has 0 spiro atoms. The lowest BCUT2D eigenvalue weighted by molar-refractivity contribution is 0.0441. The molecule has 3 heterocycles. The van der Waals surface area contributed by atoms with Gasteiger partial charge in [-0.25, -0.2) is 0 Å². The van der Waals surface area contributed by atoms with E-state index in [2.05, 4.69) is 63.8 Å². The van der Waals surface area contributed by atoms with Crippen LogP contribution in [0.5, 0.6) is 0 Å². The average Bonchev–Trinajstić information content (AvgIpc) is 2.79. The van der Waals surface area contributed by atoms with E-state index >= 15 is 0 Å². The maximum atomic E-state index is 2.79. The predicted octanol–water partition coefficient (Wildman–Crippen LogP) is 3.70. The summed E-state index contributed by atoms with van der Waals surface area (Å²) in [5.41, 5.74) is 1.50. The van der Waals surface area contributed by atoms with Gasteiger partial charge in [0.15, 0.2) is 0 Å². The van der Waals surface area contributed by atoms with Crippen LogP contribution in [0.25, 0.3) is 0 Å². The lowest BCUT2D eigenvalue weighted by atomic mass is 9.98. The molecule has 0 saturated carbocycles. The molecular formula is C25H42N4. The van der Waals surface area contributed by atoms with E-state index in [-0.39, 0.29) is 0 Å². The first-order valence-electron chi connectivity index (χ1n) is 12.2. The zero-order chi connectivity index (χ0) is 20.1. The molecule has 1 atom stereocenters. The van der Waals surface area contributed by atoms with Gasteiger partial charge < -0.3 is 9.80 Å². The van der Waals surface area contributed by atoms with Gasteiger partial charge in [0.1, 0.15) is 0 Å². The third kappa shape index (κ3) is 5.61. The standard InChI is InChI=1S/C25H42N4/c1-22(2)27-17-19-29(20-18-27)25(23-9-5-3-6-10-23)21-26-15-11-24(12-16-26)28-13-7-4-8-14-28/h3,5-6,9-10,22,24-25H,4,7-8,11-21H2,1-2H3. The van der Waals surface area contributed by atoms with Crippen LogP contribution >= 0.6 is 0 Å². The third-order valence-electron chi connectivity index (χ3n) is 7.60. The van der Waals surface area contributed by atoms with E-state index in [1.54, 1.807) is 0 Å². The molecular weight excluding hydrogens is 356 g/mol. The highest BCUT2D eigenvalue weighted by Gasteiger charge is 2.30. The van der Waals surface area contributed by atoms with E-state index in [9.17, 15) is 0 Å². The van der Waals surface area contributed by atoms with Crippen molar-refractivity contribution in [1.29, 1.82) is 0 Å². The molecule has 1 aromatic carbocycles. The minimum Gasteiger partial charge on any atom is -0.301 e. The van der Waals surface area contributed by atoms with Crippen molar-refractivity contribution in [3.05, 3.63) is 35.9 Å². The number of nitrogens with zero attached hydrogens (tertiary/aromatic N) is 4. The van der Waals surface area contributed by atoms with Crippen molar-refractivity contribution < 1.29 is 0 Å². The molecule has 4 heteroatoms. The largest absolute Gasteiger partial charge is 0.301 e. The first-order chi connectivity index (χ1) is 14.2. The van der Waals surface area contributed by atoms with Gasteiger partial charge in [0.25, 0.3) is 0 Å². The maximum Gasteiger partial charge on any atom is 0.0476 e. The molecule has 162 valence electrons. The Hall–Kier alpha value is -0.940. The summed E-state index contributed by atoms with van der Waals surface area (Å²) in [6.45, 7) is 15.9. The van der Waals surface area contributed by atoms with Gasteiger partial charge in [0.05, 0.1) is 0 Å². The van der Waals surface area contributed by atoms with Gasteiger partial charge in [-0.1, -0.05) is 36.8 Å². The highest BCUT2D eigenvalue weighted by molar-refractivity contribution is 5.20. The Kier molecular flexibility index (Phi) is 7.63. The van der Waals surface area contributed by atoms with Gasteiger partial charge in [-0.3, -0.25) is 9.80 Å². The molecule has 4 nitrogen and oxygen atoms in total. The van der Waals surface area contributed by atoms with Gasteiger partial charge in [-0.2, -0.15) is 0 Å². The van der Waals surface area contributed by atoms with Crippen molar-refractivity contribution in [2.75, 3.05) is 58.9 Å². The van der Waals surface area contributed by atoms with Gasteiger partial charge in [0.2, 0.25) is 0 Å². The van der Waals surface area contributed by atoms with Crippen LogP contribution in [0.15, 0.2) is 30.3 Å². The number of hydrogen-bond acceptors (Lipinski definition) is 4. The minimum absolute atomic E-state index is 0.539. The molecule has 0 N–H and O–H groups in total. The van der Waals surface area contributed by atoms with Crippen LogP contribution in [0.1, 0.15) is 57.6 Å². The molecule has 0 amide bonds. The van der Waals surface area contributed by atoms with Crippen LogP contribution in [0.4, 0.5) is 0 Å². The summed E-state index contributed by atoms with van der Waals surface area (Å²) in [6, 6.07) is 13.3. The molecule has 3 aliphatic heterocycles. The highest BCUT2D eigenvalue weighted by Crippen LogP contribution is 2.27. The normalized spacial score (nSPS) is 25.5. The number of piperidine rings is 2. The van der Waals surface area contributed by atoms with Crippen molar-refractivity contribution in [3.63, 3.8) is 0 Å². The molecule has 0 aromatic heterocycles. The zero-order valence-electron chi connectivity index (χ0n) is 18.8. The quantitative estimate of drug-likeness (QED) is 0.724. The van der Waals surface area contributed by atoms with Crippen LogP contribution in [-0.4, -0.2) is 90.6 Å². The van der Waals surface area contributed by atoms with Crippen molar-refractivity contribution >= 4 is 0 Å². The predicted molar refractivity (Wildman–Crippen MR) is 122 cm³/mol. The maximum absolute atomic E-state index is 2.79. The van der Waals surface area contributed by atoms with Gasteiger partial charge in [-0.15, -0.1) is 0 Å². The zero-order valence-corrected chi connectivity index (χ0v) is 18.8. The fourth-order valence-electron chi connectivity index (χ4n) is 5.67. The summed E-state index contributed by atoms with van der Waals surface area (Å²) < 4.78 is 0. The van der Waals surface area contributed by atoms with Gasteiger partial charge in [0, 0.05) is 50.8 Å². The summed E-state index contributed by atoms with van der Waals surface area (Å²) in [4.78, 5) is 10.9. The lowest BCUT2D eigenvalue weighted by Gasteiger charge is -2.44. The van der Waals surface area contributed by atoms with Gasteiger partial charge >= 0.3 is 0 Å². The fourth-order valence-corrected chi connectivity index (χ4v) is 5.67. The van der Waals surface area contributed by atoms with E-state index in [0.29, 0.717) is 12.1 Å².